The van der Waals surface area contributed by atoms with Crippen molar-refractivity contribution in [1.29, 1.82) is 5.41 Å². The average molecular weight is 291 g/mol. The molecule has 1 nitrogen and oxygen atoms in total. The van der Waals surface area contributed by atoms with Gasteiger partial charge in [-0.25, -0.2) is 0 Å². The van der Waals surface area contributed by atoms with E-state index in [1.165, 1.54) is 9.13 Å². The summed E-state index contributed by atoms with van der Waals surface area (Å²) in [5.74, 6) is 0. The largest absolute Gasteiger partial charge is 0.310 e. The Morgan fingerprint density at radius 3 is 2.85 bits per heavy atom. The van der Waals surface area contributed by atoms with Gasteiger partial charge in [-0.05, 0) is 66.5 Å². The van der Waals surface area contributed by atoms with Crippen molar-refractivity contribution < 1.29 is 0 Å². The Hall–Kier alpha value is -0.380. The lowest BCUT2D eigenvalue weighted by Gasteiger charge is -2.01. The minimum atomic E-state index is 0.783. The zero-order valence-electron chi connectivity index (χ0n) is 7.81. The molecule has 0 unspecified atom stereocenters. The van der Waals surface area contributed by atoms with Crippen LogP contribution in [-0.4, -0.2) is 5.71 Å². The second-order valence-electron chi connectivity index (χ2n) is 3.26. The molecule has 0 saturated heterocycles. The number of benzene rings is 1. The first-order chi connectivity index (χ1) is 6.18. The molecule has 70 valence electrons. The molecule has 0 aromatic heterocycles. The predicted octanol–water partition coefficient (Wildman–Crippen LogP) is 3.65. The number of halogens is 1. The van der Waals surface area contributed by atoms with Crippen molar-refractivity contribution in [2.24, 2.45) is 0 Å². The molecule has 0 atom stereocenters. The highest BCUT2D eigenvalue weighted by Crippen LogP contribution is 2.10. The normalized spacial score (nSPS) is 10.0. The number of aryl methyl sites for hydroxylation is 1. The van der Waals surface area contributed by atoms with E-state index in [0.29, 0.717) is 0 Å². The third-order valence-corrected chi connectivity index (χ3v) is 2.58. The smallest absolute Gasteiger partial charge is 0.0133 e. The van der Waals surface area contributed by atoms with Crippen molar-refractivity contribution in [1.82, 2.24) is 0 Å². The van der Waals surface area contributed by atoms with Crippen LogP contribution in [0, 0.1) is 8.98 Å². The Labute approximate surface area is 93.2 Å². The summed E-state index contributed by atoms with van der Waals surface area (Å²) < 4.78 is 1.29. The van der Waals surface area contributed by atoms with Crippen LogP contribution in [-0.2, 0) is 6.42 Å². The molecule has 0 spiro atoms. The standard InChI is InChI=1S/C11H14IN/c1-9(13)4-2-5-10-6-3-7-11(12)8-10/h3,6-8,13H,2,4-5H2,1H3/i12+4. The number of hydrogen-bond donors (Lipinski definition) is 1. The Morgan fingerprint density at radius 2 is 2.23 bits per heavy atom. The van der Waals surface area contributed by atoms with E-state index in [1.807, 2.05) is 6.92 Å². The fraction of sp³-hybridized carbons (Fsp3) is 0.364. The minimum Gasteiger partial charge on any atom is -0.310 e. The van der Waals surface area contributed by atoms with Gasteiger partial charge in [0.15, 0.2) is 0 Å². The van der Waals surface area contributed by atoms with Gasteiger partial charge in [0.25, 0.3) is 0 Å². The molecular weight excluding hydrogens is 277 g/mol. The van der Waals surface area contributed by atoms with E-state index >= 15 is 0 Å². The lowest BCUT2D eigenvalue weighted by Crippen LogP contribution is -1.91. The first kappa shape index (κ1) is 10.7. The lowest BCUT2D eigenvalue weighted by molar-refractivity contribution is 0.859. The van der Waals surface area contributed by atoms with E-state index in [1.54, 1.807) is 0 Å². The summed E-state index contributed by atoms with van der Waals surface area (Å²) in [6.07, 6.45) is 3.11. The van der Waals surface area contributed by atoms with Gasteiger partial charge in [0.1, 0.15) is 0 Å². The van der Waals surface area contributed by atoms with Gasteiger partial charge in [0.05, 0.1) is 0 Å². The minimum absolute atomic E-state index is 0.783. The molecule has 0 radical (unpaired) electrons. The van der Waals surface area contributed by atoms with Crippen LogP contribution in [0.3, 0.4) is 0 Å². The van der Waals surface area contributed by atoms with Crippen LogP contribution in [0.4, 0.5) is 0 Å². The van der Waals surface area contributed by atoms with Crippen molar-refractivity contribution in [3.8, 4) is 0 Å². The zero-order chi connectivity index (χ0) is 9.68. The third-order valence-electron chi connectivity index (χ3n) is 1.91. The van der Waals surface area contributed by atoms with E-state index in [0.717, 1.165) is 25.0 Å². The molecule has 1 aromatic rings. The van der Waals surface area contributed by atoms with E-state index in [9.17, 15) is 0 Å². The second kappa shape index (κ2) is 5.37. The maximum atomic E-state index is 7.30. The Kier molecular flexibility index (Phi) is 4.42. The Balaban J connectivity index is 2.41. The zero-order valence-corrected chi connectivity index (χ0v) is 9.97. The monoisotopic (exact) mass is 291 g/mol. The summed E-state index contributed by atoms with van der Waals surface area (Å²) in [5.41, 5.74) is 2.17. The van der Waals surface area contributed by atoms with E-state index in [4.69, 9.17) is 5.41 Å². The van der Waals surface area contributed by atoms with Crippen LogP contribution in [0.2, 0.25) is 0 Å². The molecule has 13 heavy (non-hydrogen) atoms. The van der Waals surface area contributed by atoms with E-state index in [-0.39, 0.29) is 0 Å². The molecule has 1 aromatic carbocycles. The average Bonchev–Trinajstić information content (AvgIpc) is 2.03. The van der Waals surface area contributed by atoms with Crippen LogP contribution in [0.25, 0.3) is 0 Å². The number of nitrogens with one attached hydrogen (secondary N) is 1. The first-order valence-electron chi connectivity index (χ1n) is 4.47. The molecular formula is C11H14IN. The first-order valence-corrected chi connectivity index (χ1v) is 5.55. The highest BCUT2D eigenvalue weighted by Gasteiger charge is 1.94. The maximum absolute atomic E-state index is 7.30. The van der Waals surface area contributed by atoms with Crippen LogP contribution < -0.4 is 0 Å². The van der Waals surface area contributed by atoms with Crippen molar-refractivity contribution in [2.75, 3.05) is 0 Å². The molecule has 0 heterocycles. The number of rotatable bonds is 4. The van der Waals surface area contributed by atoms with Gasteiger partial charge in [-0.2, -0.15) is 0 Å². The predicted molar refractivity (Wildman–Crippen MR) is 65.5 cm³/mol. The van der Waals surface area contributed by atoms with Gasteiger partial charge >= 0.3 is 0 Å². The molecule has 1 N–H and O–H groups in total. The molecule has 0 bridgehead atoms. The molecule has 0 amide bonds. The fourth-order valence-corrected chi connectivity index (χ4v) is 1.86. The van der Waals surface area contributed by atoms with Crippen molar-refractivity contribution in [2.45, 2.75) is 26.2 Å². The third kappa shape index (κ3) is 4.41. The molecule has 2 heteroatoms. The Morgan fingerprint density at radius 1 is 1.46 bits per heavy atom. The number of hydrogen-bond acceptors (Lipinski definition) is 1. The fourth-order valence-electron chi connectivity index (χ4n) is 1.25. The topological polar surface area (TPSA) is 23.9 Å². The van der Waals surface area contributed by atoms with Gasteiger partial charge in [-0.3, -0.25) is 0 Å². The molecule has 0 aliphatic rings. The van der Waals surface area contributed by atoms with Crippen molar-refractivity contribution in [3.63, 3.8) is 0 Å². The Bertz CT molecular complexity index is 294. The quantitative estimate of drug-likeness (QED) is 0.646. The summed E-state index contributed by atoms with van der Waals surface area (Å²) in [5, 5.41) is 7.30. The van der Waals surface area contributed by atoms with Crippen LogP contribution in [0.1, 0.15) is 25.3 Å². The highest BCUT2D eigenvalue weighted by molar-refractivity contribution is 14.1. The summed E-state index contributed by atoms with van der Waals surface area (Å²) in [4.78, 5) is 0. The maximum Gasteiger partial charge on any atom is 0.0133 e. The van der Waals surface area contributed by atoms with E-state index in [2.05, 4.69) is 46.9 Å². The molecule has 0 aliphatic carbocycles. The van der Waals surface area contributed by atoms with Crippen molar-refractivity contribution >= 4 is 28.3 Å². The van der Waals surface area contributed by atoms with Crippen LogP contribution in [0.15, 0.2) is 24.3 Å². The summed E-state index contributed by atoms with van der Waals surface area (Å²) in [7, 11) is 0. The summed E-state index contributed by atoms with van der Waals surface area (Å²) in [6, 6.07) is 8.56. The second-order valence-corrected chi connectivity index (χ2v) is 4.51. The molecule has 0 fully saturated rings. The summed E-state index contributed by atoms with van der Waals surface area (Å²) in [6.45, 7) is 1.87. The van der Waals surface area contributed by atoms with Crippen LogP contribution in [0.5, 0.6) is 0 Å². The summed E-state index contributed by atoms with van der Waals surface area (Å²) >= 11 is 2.33. The molecule has 0 saturated carbocycles. The van der Waals surface area contributed by atoms with Gasteiger partial charge < -0.3 is 5.41 Å². The van der Waals surface area contributed by atoms with Crippen LogP contribution >= 0.6 is 22.6 Å². The van der Waals surface area contributed by atoms with Gasteiger partial charge in [-0.15, -0.1) is 0 Å². The SMILES string of the molecule is CC(=N)CCCc1cccc([131I])c1. The highest BCUT2D eigenvalue weighted by atomic mass is 131. The molecule has 0 aliphatic heterocycles. The van der Waals surface area contributed by atoms with Gasteiger partial charge in [0, 0.05) is 9.28 Å². The van der Waals surface area contributed by atoms with Gasteiger partial charge in [-0.1, -0.05) is 12.1 Å². The molecule has 1 rings (SSSR count). The lowest BCUT2D eigenvalue weighted by atomic mass is 10.1. The van der Waals surface area contributed by atoms with Crippen molar-refractivity contribution in [3.05, 3.63) is 33.4 Å². The van der Waals surface area contributed by atoms with E-state index < -0.39 is 0 Å². The van der Waals surface area contributed by atoms with Gasteiger partial charge in [0.2, 0.25) is 0 Å².